The van der Waals surface area contributed by atoms with E-state index in [1.807, 2.05) is 25.3 Å². The zero-order chi connectivity index (χ0) is 18.8. The molecule has 1 aliphatic carbocycles. The Balaban J connectivity index is 1.60. The van der Waals surface area contributed by atoms with E-state index in [0.717, 1.165) is 41.8 Å². The molecule has 2 aliphatic rings. The van der Waals surface area contributed by atoms with Gasteiger partial charge in [-0.05, 0) is 55.2 Å². The van der Waals surface area contributed by atoms with Crippen molar-refractivity contribution in [3.05, 3.63) is 77.1 Å². The van der Waals surface area contributed by atoms with E-state index in [0.29, 0.717) is 6.54 Å². The minimum Gasteiger partial charge on any atom is -0.355 e. The summed E-state index contributed by atoms with van der Waals surface area (Å²) in [5.74, 6) is -2.27. The summed E-state index contributed by atoms with van der Waals surface area (Å²) in [7, 11) is 0. The number of carbonyl (C=O) groups is 1. The van der Waals surface area contributed by atoms with E-state index >= 15 is 0 Å². The number of para-hydroxylation sites is 1. The number of hydrogen-bond acceptors (Lipinski definition) is 1. The van der Waals surface area contributed by atoms with Crippen molar-refractivity contribution in [2.75, 3.05) is 6.54 Å². The molecular formula is C22H18F2N2O. The summed E-state index contributed by atoms with van der Waals surface area (Å²) in [5.41, 5.74) is 4.46. The Kier molecular flexibility index (Phi) is 3.32. The fourth-order valence-corrected chi connectivity index (χ4v) is 4.22. The first kappa shape index (κ1) is 16.2. The number of allylic oxidation sites excluding steroid dienone is 1. The van der Waals surface area contributed by atoms with Gasteiger partial charge in [0.05, 0.1) is 0 Å². The summed E-state index contributed by atoms with van der Waals surface area (Å²) in [5, 5.41) is 1.19. The lowest BCUT2D eigenvalue weighted by Crippen LogP contribution is -2.33. The Morgan fingerprint density at radius 3 is 2.63 bits per heavy atom. The molecule has 1 amide bonds. The summed E-state index contributed by atoms with van der Waals surface area (Å²) in [4.78, 5) is 18.1. The van der Waals surface area contributed by atoms with Crippen LogP contribution in [0.3, 0.4) is 0 Å². The molecule has 1 aromatic heterocycles. The van der Waals surface area contributed by atoms with Gasteiger partial charge in [-0.1, -0.05) is 18.2 Å². The molecule has 1 fully saturated rings. The van der Waals surface area contributed by atoms with E-state index in [-0.39, 0.29) is 16.9 Å². The van der Waals surface area contributed by atoms with Gasteiger partial charge in [0.25, 0.3) is 5.91 Å². The number of aromatic nitrogens is 1. The van der Waals surface area contributed by atoms with Gasteiger partial charge in [0, 0.05) is 40.3 Å². The maximum atomic E-state index is 13.6. The number of H-pyrrole nitrogens is 1. The molecule has 2 heterocycles. The molecule has 1 saturated carbocycles. The number of hydrogen-bond donors (Lipinski definition) is 1. The highest BCUT2D eigenvalue weighted by molar-refractivity contribution is 5.97. The molecule has 1 N–H and O–H groups in total. The van der Waals surface area contributed by atoms with Gasteiger partial charge < -0.3 is 9.88 Å². The predicted octanol–water partition coefficient (Wildman–Crippen LogP) is 4.99. The Bertz CT molecular complexity index is 1120. The predicted molar refractivity (Wildman–Crippen MR) is 100 cm³/mol. The second-order valence-electron chi connectivity index (χ2n) is 7.57. The van der Waals surface area contributed by atoms with Gasteiger partial charge in [-0.3, -0.25) is 4.79 Å². The molecule has 0 unspecified atom stereocenters. The van der Waals surface area contributed by atoms with Crippen LogP contribution in [0.5, 0.6) is 0 Å². The third kappa shape index (κ3) is 2.41. The number of amides is 1. The number of fused-ring (bicyclic) bond motifs is 4. The lowest BCUT2D eigenvalue weighted by atomic mass is 9.91. The van der Waals surface area contributed by atoms with E-state index < -0.39 is 11.6 Å². The Labute approximate surface area is 155 Å². The molecule has 136 valence electrons. The first-order chi connectivity index (χ1) is 13.0. The third-order valence-electron chi connectivity index (χ3n) is 5.73. The van der Waals surface area contributed by atoms with Gasteiger partial charge in [-0.25, -0.2) is 8.78 Å². The van der Waals surface area contributed by atoms with Crippen molar-refractivity contribution in [1.29, 1.82) is 0 Å². The average Bonchev–Trinajstić information content (AvgIpc) is 3.34. The first-order valence-corrected chi connectivity index (χ1v) is 9.04. The van der Waals surface area contributed by atoms with E-state index in [2.05, 4.69) is 17.1 Å². The molecule has 3 aromatic rings. The second kappa shape index (κ2) is 5.52. The van der Waals surface area contributed by atoms with Crippen molar-refractivity contribution < 1.29 is 13.6 Å². The zero-order valence-corrected chi connectivity index (χ0v) is 14.9. The lowest BCUT2D eigenvalue weighted by Gasteiger charge is -2.23. The van der Waals surface area contributed by atoms with Crippen LogP contribution in [0, 0.1) is 11.6 Å². The molecule has 0 radical (unpaired) electrons. The van der Waals surface area contributed by atoms with Gasteiger partial charge in [0.1, 0.15) is 0 Å². The third-order valence-corrected chi connectivity index (χ3v) is 5.73. The summed E-state index contributed by atoms with van der Waals surface area (Å²) in [6.45, 7) is 2.51. The van der Waals surface area contributed by atoms with Crippen molar-refractivity contribution >= 4 is 22.4 Å². The Hall–Kier alpha value is -2.95. The fraction of sp³-hybridized carbons (Fsp3) is 0.227. The number of aromatic amines is 1. The SMILES string of the molecule is CC1=CN(C(=O)c2ccc(F)c(F)c2)CC2(CC2)c2c1[nH]c1ccccc21. The summed E-state index contributed by atoms with van der Waals surface area (Å²) in [6, 6.07) is 11.5. The number of carbonyl (C=O) groups excluding carboxylic acids is 1. The highest BCUT2D eigenvalue weighted by atomic mass is 19.2. The van der Waals surface area contributed by atoms with E-state index in [9.17, 15) is 13.6 Å². The maximum Gasteiger partial charge on any atom is 0.257 e. The Morgan fingerprint density at radius 2 is 1.89 bits per heavy atom. The van der Waals surface area contributed by atoms with Crippen LogP contribution in [0.15, 0.2) is 48.7 Å². The number of nitrogens with zero attached hydrogens (tertiary/aromatic N) is 1. The minimum absolute atomic E-state index is 0.0859. The molecule has 0 bridgehead atoms. The Morgan fingerprint density at radius 1 is 1.11 bits per heavy atom. The number of rotatable bonds is 1. The molecule has 5 heteroatoms. The largest absolute Gasteiger partial charge is 0.355 e. The van der Waals surface area contributed by atoms with E-state index in [4.69, 9.17) is 0 Å². The number of benzene rings is 2. The monoisotopic (exact) mass is 364 g/mol. The smallest absolute Gasteiger partial charge is 0.257 e. The molecule has 3 nitrogen and oxygen atoms in total. The van der Waals surface area contributed by atoms with Gasteiger partial charge in [0.2, 0.25) is 0 Å². The van der Waals surface area contributed by atoms with Crippen LogP contribution < -0.4 is 0 Å². The van der Waals surface area contributed by atoms with Crippen molar-refractivity contribution in [2.45, 2.75) is 25.2 Å². The number of halogens is 2. The van der Waals surface area contributed by atoms with Crippen LogP contribution in [0.25, 0.3) is 16.5 Å². The average molecular weight is 364 g/mol. The second-order valence-corrected chi connectivity index (χ2v) is 7.57. The van der Waals surface area contributed by atoms with Crippen molar-refractivity contribution in [1.82, 2.24) is 9.88 Å². The molecule has 2 aromatic carbocycles. The maximum absolute atomic E-state index is 13.6. The fourth-order valence-electron chi connectivity index (χ4n) is 4.22. The van der Waals surface area contributed by atoms with E-state index in [1.54, 1.807) is 4.90 Å². The summed E-state index contributed by atoms with van der Waals surface area (Å²) < 4.78 is 26.8. The van der Waals surface area contributed by atoms with Crippen LogP contribution in [0.2, 0.25) is 0 Å². The van der Waals surface area contributed by atoms with Crippen molar-refractivity contribution in [2.24, 2.45) is 0 Å². The lowest BCUT2D eigenvalue weighted by molar-refractivity contribution is 0.0811. The number of nitrogens with one attached hydrogen (secondary N) is 1. The van der Waals surface area contributed by atoms with Gasteiger partial charge >= 0.3 is 0 Å². The van der Waals surface area contributed by atoms with Crippen LogP contribution in [-0.2, 0) is 5.41 Å². The zero-order valence-electron chi connectivity index (χ0n) is 14.9. The molecule has 27 heavy (non-hydrogen) atoms. The normalized spacial score (nSPS) is 17.6. The molecule has 5 rings (SSSR count). The van der Waals surface area contributed by atoms with E-state index in [1.165, 1.54) is 17.0 Å². The van der Waals surface area contributed by atoms with Gasteiger partial charge in [0.15, 0.2) is 11.6 Å². The van der Waals surface area contributed by atoms with Crippen molar-refractivity contribution in [3.63, 3.8) is 0 Å². The highest BCUT2D eigenvalue weighted by Gasteiger charge is 2.50. The summed E-state index contributed by atoms with van der Waals surface area (Å²) >= 11 is 0. The quantitative estimate of drug-likeness (QED) is 0.648. The molecule has 1 aliphatic heterocycles. The topological polar surface area (TPSA) is 36.1 Å². The van der Waals surface area contributed by atoms with Crippen LogP contribution in [0.4, 0.5) is 8.78 Å². The molecule has 0 atom stereocenters. The van der Waals surface area contributed by atoms with Gasteiger partial charge in [-0.2, -0.15) is 0 Å². The van der Waals surface area contributed by atoms with Crippen molar-refractivity contribution in [3.8, 4) is 0 Å². The summed E-state index contributed by atoms with van der Waals surface area (Å²) in [6.07, 6.45) is 3.83. The molecule has 1 spiro atoms. The van der Waals surface area contributed by atoms with Crippen LogP contribution in [0.1, 0.15) is 41.4 Å². The van der Waals surface area contributed by atoms with Crippen LogP contribution in [-0.4, -0.2) is 22.3 Å². The standard InChI is InChI=1S/C22H18F2N2O/c1-13-11-26(21(27)14-6-7-16(23)17(24)10-14)12-22(8-9-22)19-15-4-2-3-5-18(15)25-20(13)19/h2-7,10-11,25H,8-9,12H2,1H3. The van der Waals surface area contributed by atoms with Gasteiger partial charge in [-0.15, -0.1) is 0 Å². The molecule has 0 saturated heterocycles. The highest BCUT2D eigenvalue weighted by Crippen LogP contribution is 2.54. The van der Waals surface area contributed by atoms with Crippen LogP contribution >= 0.6 is 0 Å². The first-order valence-electron chi connectivity index (χ1n) is 9.04. The molecular weight excluding hydrogens is 346 g/mol. The minimum atomic E-state index is -1.01.